The Morgan fingerprint density at radius 2 is 1.97 bits per heavy atom. The second kappa shape index (κ2) is 9.46. The highest BCUT2D eigenvalue weighted by Gasteiger charge is 2.31. The first kappa shape index (κ1) is 21.8. The third-order valence-corrected chi connectivity index (χ3v) is 5.83. The van der Waals surface area contributed by atoms with Crippen LogP contribution in [-0.2, 0) is 0 Å². The largest absolute Gasteiger partial charge is 0.493 e. The van der Waals surface area contributed by atoms with E-state index in [1.807, 2.05) is 30.3 Å². The van der Waals surface area contributed by atoms with Crippen molar-refractivity contribution >= 4 is 11.6 Å². The zero-order valence-corrected chi connectivity index (χ0v) is 18.7. The highest BCUT2D eigenvalue weighted by molar-refractivity contribution is 6.08. The first-order valence-electron chi connectivity index (χ1n) is 11.1. The van der Waals surface area contributed by atoms with Gasteiger partial charge in [-0.05, 0) is 48.9 Å². The van der Waals surface area contributed by atoms with Gasteiger partial charge in [-0.1, -0.05) is 24.1 Å². The van der Waals surface area contributed by atoms with Gasteiger partial charge >= 0.3 is 0 Å². The van der Waals surface area contributed by atoms with Crippen molar-refractivity contribution in [3.63, 3.8) is 0 Å². The number of amides is 1. The minimum atomic E-state index is -0.479. The molecular formula is C27H24N2O5. The summed E-state index contributed by atoms with van der Waals surface area (Å²) in [5.74, 6) is 7.60. The van der Waals surface area contributed by atoms with Gasteiger partial charge in [0.05, 0.1) is 18.9 Å². The Balaban J connectivity index is 1.32. The number of carbonyl (C=O) groups is 1. The summed E-state index contributed by atoms with van der Waals surface area (Å²) < 4.78 is 17.1. The highest BCUT2D eigenvalue weighted by Crippen LogP contribution is 2.36. The normalized spacial score (nSPS) is 15.5. The zero-order chi connectivity index (χ0) is 23.5. The van der Waals surface area contributed by atoms with E-state index in [1.54, 1.807) is 24.3 Å². The second-order valence-corrected chi connectivity index (χ2v) is 8.24. The Bertz CT molecular complexity index is 1260. The van der Waals surface area contributed by atoms with Crippen molar-refractivity contribution in [1.29, 1.82) is 0 Å². The van der Waals surface area contributed by atoms with Crippen LogP contribution < -0.4 is 19.1 Å². The van der Waals surface area contributed by atoms with Gasteiger partial charge in [-0.15, -0.1) is 0 Å². The van der Waals surface area contributed by atoms with Gasteiger partial charge in [-0.2, -0.15) is 0 Å². The van der Waals surface area contributed by atoms with Crippen molar-refractivity contribution in [1.82, 2.24) is 4.98 Å². The van der Waals surface area contributed by atoms with Crippen LogP contribution in [0.3, 0.4) is 0 Å². The summed E-state index contributed by atoms with van der Waals surface area (Å²) in [6, 6.07) is 16.5. The number of carbonyl (C=O) groups excluding carboxylic acids is 1. The Morgan fingerprint density at radius 3 is 2.74 bits per heavy atom. The van der Waals surface area contributed by atoms with Gasteiger partial charge in [-0.3, -0.25) is 9.69 Å². The van der Waals surface area contributed by atoms with Crippen LogP contribution in [0.1, 0.15) is 34.5 Å². The van der Waals surface area contributed by atoms with E-state index < -0.39 is 6.10 Å². The summed E-state index contributed by atoms with van der Waals surface area (Å²) in [5, 5.41) is 10.1. The van der Waals surface area contributed by atoms with Crippen molar-refractivity contribution < 1.29 is 24.1 Å². The van der Waals surface area contributed by atoms with E-state index in [0.29, 0.717) is 40.1 Å². The van der Waals surface area contributed by atoms with Crippen molar-refractivity contribution in [2.45, 2.75) is 18.9 Å². The fourth-order valence-corrected chi connectivity index (χ4v) is 3.71. The smallest absolute Gasteiger partial charge is 0.266 e. The molecule has 1 atom stereocenters. The molecule has 1 N–H and O–H groups in total. The van der Waals surface area contributed by atoms with E-state index in [4.69, 9.17) is 14.2 Å². The lowest BCUT2D eigenvalue weighted by atomic mass is 10.1. The van der Waals surface area contributed by atoms with E-state index in [0.717, 1.165) is 18.4 Å². The monoisotopic (exact) mass is 456 g/mol. The average Bonchev–Trinajstić information content (AvgIpc) is 3.73. The van der Waals surface area contributed by atoms with Crippen LogP contribution in [0.25, 0.3) is 0 Å². The van der Waals surface area contributed by atoms with Gasteiger partial charge in [0.25, 0.3) is 5.91 Å². The number of aliphatic hydroxyl groups excluding tert-OH is 1. The number of fused-ring (bicyclic) bond motifs is 1. The molecule has 1 aromatic heterocycles. The molecule has 0 spiro atoms. The number of aromatic nitrogens is 1. The predicted octanol–water partition coefficient (Wildman–Crippen LogP) is 3.64. The minimum absolute atomic E-state index is 0.0468. The molecule has 7 heteroatoms. The maximum absolute atomic E-state index is 13.2. The van der Waals surface area contributed by atoms with E-state index in [1.165, 1.54) is 18.2 Å². The average molecular weight is 456 g/mol. The van der Waals surface area contributed by atoms with E-state index in [2.05, 4.69) is 16.8 Å². The van der Waals surface area contributed by atoms with Gasteiger partial charge in [0.1, 0.15) is 23.6 Å². The molecule has 0 radical (unpaired) electrons. The summed E-state index contributed by atoms with van der Waals surface area (Å²) in [6.45, 7) is 0.256. The zero-order valence-electron chi connectivity index (χ0n) is 18.7. The van der Waals surface area contributed by atoms with Crippen molar-refractivity contribution in [3.05, 3.63) is 77.6 Å². The summed E-state index contributed by atoms with van der Waals surface area (Å²) in [7, 11) is 1.54. The molecule has 1 amide bonds. The number of hydrogen-bond donors (Lipinski definition) is 1. The number of benzene rings is 2. The topological polar surface area (TPSA) is 81.1 Å². The highest BCUT2D eigenvalue weighted by atomic mass is 16.5. The van der Waals surface area contributed by atoms with Gasteiger partial charge in [0.15, 0.2) is 18.2 Å². The van der Waals surface area contributed by atoms with Crippen LogP contribution in [0.5, 0.6) is 17.2 Å². The predicted molar refractivity (Wildman–Crippen MR) is 126 cm³/mol. The number of ether oxygens (including phenoxy) is 3. The number of rotatable bonds is 6. The van der Waals surface area contributed by atoms with Crippen molar-refractivity contribution in [3.8, 4) is 29.1 Å². The lowest BCUT2D eigenvalue weighted by Gasteiger charge is -2.29. The lowest BCUT2D eigenvalue weighted by molar-refractivity contribution is 0.0879. The van der Waals surface area contributed by atoms with Gasteiger partial charge < -0.3 is 19.3 Å². The second-order valence-electron chi connectivity index (χ2n) is 8.24. The van der Waals surface area contributed by atoms with Crippen LogP contribution in [-0.4, -0.2) is 42.5 Å². The van der Waals surface area contributed by atoms with E-state index in [-0.39, 0.29) is 19.2 Å². The lowest BCUT2D eigenvalue weighted by Crippen LogP contribution is -2.38. The molecule has 3 aromatic rings. The third-order valence-electron chi connectivity index (χ3n) is 5.83. The molecule has 0 saturated heterocycles. The molecule has 2 heterocycles. The number of anilines is 1. The Labute approximate surface area is 197 Å². The quantitative estimate of drug-likeness (QED) is 0.571. The van der Waals surface area contributed by atoms with Crippen LogP contribution in [0, 0.1) is 17.8 Å². The molecule has 172 valence electrons. The number of methoxy groups -OCH3 is 1. The molecule has 5 rings (SSSR count). The maximum atomic E-state index is 13.2. The molecule has 2 aromatic carbocycles. The number of nitrogens with zero attached hydrogens (tertiary/aromatic N) is 2. The summed E-state index contributed by atoms with van der Waals surface area (Å²) >= 11 is 0. The summed E-state index contributed by atoms with van der Waals surface area (Å²) in [5.41, 5.74) is 2.38. The molecule has 0 unspecified atom stereocenters. The standard InChI is InChI=1S/C27H24N2O5/c1-32-26-14-21(11-12-24(26)33-16-23(30)19-8-9-19)29-17-34-25-13-20(28-15-22(25)27(29)31)10-7-18-5-3-2-4-6-18/h2-6,11-15,19,23,30H,8-9,16-17H2,1H3/t23-/m0/s1. The maximum Gasteiger partial charge on any atom is 0.266 e. The molecule has 1 aliphatic carbocycles. The Hall–Kier alpha value is -4.02. The van der Waals surface area contributed by atoms with E-state index in [9.17, 15) is 9.90 Å². The first-order chi connectivity index (χ1) is 16.6. The molecule has 1 fully saturated rings. The van der Waals surface area contributed by atoms with Gasteiger partial charge in [0.2, 0.25) is 0 Å². The SMILES string of the molecule is COc1cc(N2COc3cc(C#Cc4ccccc4)ncc3C2=O)ccc1OC[C@H](O)C1CC1. The number of aliphatic hydroxyl groups is 1. The molecule has 7 nitrogen and oxygen atoms in total. The molecule has 0 bridgehead atoms. The summed E-state index contributed by atoms with van der Waals surface area (Å²) in [4.78, 5) is 19.0. The third kappa shape index (κ3) is 4.68. The van der Waals surface area contributed by atoms with Crippen LogP contribution in [0.2, 0.25) is 0 Å². The molecule has 1 saturated carbocycles. The van der Waals surface area contributed by atoms with E-state index >= 15 is 0 Å². The summed E-state index contributed by atoms with van der Waals surface area (Å²) in [6.07, 6.45) is 3.09. The van der Waals surface area contributed by atoms with Gasteiger partial charge in [-0.25, -0.2) is 4.98 Å². The van der Waals surface area contributed by atoms with Gasteiger partial charge in [0, 0.05) is 23.9 Å². The van der Waals surface area contributed by atoms with Crippen molar-refractivity contribution in [2.75, 3.05) is 25.3 Å². The van der Waals surface area contributed by atoms with Crippen LogP contribution in [0.15, 0.2) is 60.8 Å². The fraction of sp³-hybridized carbons (Fsp3) is 0.259. The molecule has 2 aliphatic rings. The molecular weight excluding hydrogens is 432 g/mol. The van der Waals surface area contributed by atoms with Crippen LogP contribution >= 0.6 is 0 Å². The Kier molecular flexibility index (Phi) is 6.07. The fourth-order valence-electron chi connectivity index (χ4n) is 3.71. The Morgan fingerprint density at radius 1 is 1.15 bits per heavy atom. The number of hydrogen-bond acceptors (Lipinski definition) is 6. The molecule has 34 heavy (non-hydrogen) atoms. The van der Waals surface area contributed by atoms with Crippen LogP contribution in [0.4, 0.5) is 5.69 Å². The van der Waals surface area contributed by atoms with Crippen molar-refractivity contribution in [2.24, 2.45) is 5.92 Å². The number of pyridine rings is 1. The molecule has 1 aliphatic heterocycles. The minimum Gasteiger partial charge on any atom is -0.493 e. The first-order valence-corrected chi connectivity index (χ1v) is 11.1.